The standard InChI is InChI=1S/C10H18N2O5S/c1-16-7-8(13)4-5-12-6-9-2-3-10(17-9)18(11,14)15/h2-3,8,12-13H,4-7H2,1H3,(H2,11,14,15). The van der Waals surface area contributed by atoms with Crippen molar-refractivity contribution in [2.75, 3.05) is 20.3 Å². The molecule has 0 aliphatic heterocycles. The number of ether oxygens (including phenoxy) is 1. The SMILES string of the molecule is COCC(O)CCNCc1ccc(S(N)(=O)=O)o1. The molecule has 0 aliphatic rings. The molecule has 4 N–H and O–H groups in total. The molecule has 0 bridgehead atoms. The molecule has 1 aromatic rings. The summed E-state index contributed by atoms with van der Waals surface area (Å²) in [4.78, 5) is 0. The van der Waals surface area contributed by atoms with E-state index in [4.69, 9.17) is 14.3 Å². The molecule has 1 aromatic heterocycles. The van der Waals surface area contributed by atoms with Gasteiger partial charge in [0.15, 0.2) is 0 Å². The van der Waals surface area contributed by atoms with Crippen LogP contribution in [0.25, 0.3) is 0 Å². The third kappa shape index (κ3) is 5.15. The van der Waals surface area contributed by atoms with E-state index in [1.807, 2.05) is 0 Å². The molecule has 1 atom stereocenters. The maximum Gasteiger partial charge on any atom is 0.271 e. The first-order valence-corrected chi connectivity index (χ1v) is 6.97. The summed E-state index contributed by atoms with van der Waals surface area (Å²) < 4.78 is 31.7. The molecule has 1 unspecified atom stereocenters. The summed E-state index contributed by atoms with van der Waals surface area (Å²) in [6.45, 7) is 1.23. The van der Waals surface area contributed by atoms with Gasteiger partial charge in [-0.15, -0.1) is 0 Å². The van der Waals surface area contributed by atoms with Crippen LogP contribution in [0.15, 0.2) is 21.6 Å². The molecule has 0 saturated carbocycles. The van der Waals surface area contributed by atoms with Crippen molar-refractivity contribution in [1.29, 1.82) is 0 Å². The molecule has 0 aromatic carbocycles. The molecule has 0 radical (unpaired) electrons. The lowest BCUT2D eigenvalue weighted by Gasteiger charge is -2.09. The van der Waals surface area contributed by atoms with Gasteiger partial charge >= 0.3 is 0 Å². The predicted molar refractivity (Wildman–Crippen MR) is 64.3 cm³/mol. The Balaban J connectivity index is 2.30. The number of hydrogen-bond acceptors (Lipinski definition) is 6. The number of aliphatic hydroxyl groups excluding tert-OH is 1. The molecule has 8 heteroatoms. The summed E-state index contributed by atoms with van der Waals surface area (Å²) in [6, 6.07) is 2.85. The molecule has 1 rings (SSSR count). The number of aliphatic hydroxyl groups is 1. The molecule has 7 nitrogen and oxygen atoms in total. The first-order valence-electron chi connectivity index (χ1n) is 5.42. The van der Waals surface area contributed by atoms with Crippen molar-refractivity contribution in [2.24, 2.45) is 5.14 Å². The number of nitrogens with two attached hydrogens (primary N) is 1. The lowest BCUT2D eigenvalue weighted by atomic mass is 10.2. The second-order valence-electron chi connectivity index (χ2n) is 3.84. The fourth-order valence-electron chi connectivity index (χ4n) is 1.36. The van der Waals surface area contributed by atoms with E-state index in [2.05, 4.69) is 5.32 Å². The maximum absolute atomic E-state index is 11.0. The van der Waals surface area contributed by atoms with E-state index in [0.29, 0.717) is 25.3 Å². The van der Waals surface area contributed by atoms with Crippen molar-refractivity contribution >= 4 is 10.0 Å². The molecule has 0 spiro atoms. The Labute approximate surface area is 106 Å². The highest BCUT2D eigenvalue weighted by Crippen LogP contribution is 2.11. The maximum atomic E-state index is 11.0. The molecular weight excluding hydrogens is 260 g/mol. The fourth-order valence-corrected chi connectivity index (χ4v) is 1.84. The summed E-state index contributed by atoms with van der Waals surface area (Å²) in [5, 5.41) is 17.0. The van der Waals surface area contributed by atoms with E-state index in [1.165, 1.54) is 13.2 Å². The number of methoxy groups -OCH3 is 1. The van der Waals surface area contributed by atoms with Crippen molar-refractivity contribution in [3.63, 3.8) is 0 Å². The number of primary sulfonamides is 1. The van der Waals surface area contributed by atoms with E-state index in [0.717, 1.165) is 0 Å². The van der Waals surface area contributed by atoms with Crippen LogP contribution < -0.4 is 10.5 Å². The first kappa shape index (κ1) is 15.1. The zero-order chi connectivity index (χ0) is 13.6. The molecule has 0 aliphatic carbocycles. The predicted octanol–water partition coefficient (Wildman–Crippen LogP) is -0.586. The third-order valence-electron chi connectivity index (χ3n) is 2.23. The monoisotopic (exact) mass is 278 g/mol. The van der Waals surface area contributed by atoms with Crippen molar-refractivity contribution < 1.29 is 22.7 Å². The van der Waals surface area contributed by atoms with Gasteiger partial charge in [-0.2, -0.15) is 0 Å². The van der Waals surface area contributed by atoms with Crippen LogP contribution in [0.1, 0.15) is 12.2 Å². The van der Waals surface area contributed by atoms with Crippen LogP contribution in [0.3, 0.4) is 0 Å². The second-order valence-corrected chi connectivity index (χ2v) is 5.33. The minimum Gasteiger partial charge on any atom is -0.447 e. The number of furan rings is 1. The van der Waals surface area contributed by atoms with Gasteiger partial charge in [-0.05, 0) is 25.1 Å². The molecule has 18 heavy (non-hydrogen) atoms. The molecule has 104 valence electrons. The second kappa shape index (κ2) is 6.86. The Morgan fingerprint density at radius 3 is 2.83 bits per heavy atom. The van der Waals surface area contributed by atoms with Crippen LogP contribution in [0, 0.1) is 0 Å². The number of sulfonamides is 1. The lowest BCUT2D eigenvalue weighted by Crippen LogP contribution is -2.22. The number of rotatable bonds is 8. The summed E-state index contributed by atoms with van der Waals surface area (Å²) in [6.07, 6.45) is 0.0235. The Hall–Kier alpha value is -0.930. The van der Waals surface area contributed by atoms with Gasteiger partial charge in [0.1, 0.15) is 5.76 Å². The third-order valence-corrected chi connectivity index (χ3v) is 3.01. The molecule has 0 saturated heterocycles. The molecule has 0 fully saturated rings. The van der Waals surface area contributed by atoms with Gasteiger partial charge in [-0.25, -0.2) is 13.6 Å². The largest absolute Gasteiger partial charge is 0.447 e. The average molecular weight is 278 g/mol. The molecule has 1 heterocycles. The van der Waals surface area contributed by atoms with Crippen LogP contribution in [-0.4, -0.2) is 39.9 Å². The van der Waals surface area contributed by atoms with Crippen LogP contribution >= 0.6 is 0 Å². The summed E-state index contributed by atoms with van der Waals surface area (Å²) in [5.41, 5.74) is 0. The first-order chi connectivity index (χ1) is 8.43. The van der Waals surface area contributed by atoms with E-state index in [1.54, 1.807) is 6.07 Å². The zero-order valence-corrected chi connectivity index (χ0v) is 10.9. The Kier molecular flexibility index (Phi) is 5.76. The van der Waals surface area contributed by atoms with E-state index >= 15 is 0 Å². The minimum atomic E-state index is -3.78. The van der Waals surface area contributed by atoms with Gasteiger partial charge in [0.25, 0.3) is 10.0 Å². The van der Waals surface area contributed by atoms with Gasteiger partial charge in [-0.1, -0.05) is 0 Å². The molecule has 0 amide bonds. The topological polar surface area (TPSA) is 115 Å². The van der Waals surface area contributed by atoms with E-state index in [9.17, 15) is 13.5 Å². The minimum absolute atomic E-state index is 0.251. The van der Waals surface area contributed by atoms with Crippen LogP contribution in [0.2, 0.25) is 0 Å². The number of nitrogens with one attached hydrogen (secondary N) is 1. The van der Waals surface area contributed by atoms with Crippen molar-refractivity contribution in [2.45, 2.75) is 24.2 Å². The van der Waals surface area contributed by atoms with Gasteiger partial charge in [0.05, 0.1) is 19.3 Å². The Morgan fingerprint density at radius 1 is 1.56 bits per heavy atom. The van der Waals surface area contributed by atoms with E-state index in [-0.39, 0.29) is 11.7 Å². The lowest BCUT2D eigenvalue weighted by molar-refractivity contribution is 0.0593. The van der Waals surface area contributed by atoms with Gasteiger partial charge < -0.3 is 19.6 Å². The summed E-state index contributed by atoms with van der Waals surface area (Å²) in [7, 11) is -2.26. The van der Waals surface area contributed by atoms with Gasteiger partial charge in [0, 0.05) is 7.11 Å². The van der Waals surface area contributed by atoms with Crippen molar-refractivity contribution in [3.05, 3.63) is 17.9 Å². The summed E-state index contributed by atoms with van der Waals surface area (Å²) >= 11 is 0. The fraction of sp³-hybridized carbons (Fsp3) is 0.600. The normalized spacial score (nSPS) is 13.7. The quantitative estimate of drug-likeness (QED) is 0.548. The van der Waals surface area contributed by atoms with Gasteiger partial charge in [-0.3, -0.25) is 0 Å². The zero-order valence-electron chi connectivity index (χ0n) is 10.1. The highest BCUT2D eigenvalue weighted by Gasteiger charge is 2.12. The Morgan fingerprint density at radius 2 is 2.28 bits per heavy atom. The van der Waals surface area contributed by atoms with Crippen LogP contribution in [-0.2, 0) is 21.3 Å². The van der Waals surface area contributed by atoms with E-state index < -0.39 is 16.1 Å². The van der Waals surface area contributed by atoms with Crippen molar-refractivity contribution in [3.8, 4) is 0 Å². The highest BCUT2D eigenvalue weighted by molar-refractivity contribution is 7.89. The molecular formula is C10H18N2O5S. The smallest absolute Gasteiger partial charge is 0.271 e. The van der Waals surface area contributed by atoms with Crippen LogP contribution in [0.4, 0.5) is 0 Å². The summed E-state index contributed by atoms with van der Waals surface area (Å²) in [5.74, 6) is 0.472. The number of hydrogen-bond donors (Lipinski definition) is 3. The van der Waals surface area contributed by atoms with Gasteiger partial charge in [0.2, 0.25) is 5.09 Å². The Bertz CT molecular complexity index is 457. The average Bonchev–Trinajstić information content (AvgIpc) is 2.73. The van der Waals surface area contributed by atoms with Crippen molar-refractivity contribution in [1.82, 2.24) is 5.32 Å². The van der Waals surface area contributed by atoms with Crippen LogP contribution in [0.5, 0.6) is 0 Å². The highest BCUT2D eigenvalue weighted by atomic mass is 32.2.